The molecular weight excluding hydrogens is 246 g/mol. The van der Waals surface area contributed by atoms with Gasteiger partial charge in [-0.3, -0.25) is 0 Å². The lowest BCUT2D eigenvalue weighted by atomic mass is 9.97. The van der Waals surface area contributed by atoms with Crippen LogP contribution in [0.5, 0.6) is 0 Å². The molecule has 1 N–H and O–H groups in total. The summed E-state index contributed by atoms with van der Waals surface area (Å²) in [4.78, 5) is 0. The number of likely N-dealkylation sites (N-methyl/N-ethyl adjacent to an activating group) is 1. The first-order valence-electron chi connectivity index (χ1n) is 6.23. The number of hydrogen-bond donors (Lipinski definition) is 1. The quantitative estimate of drug-likeness (QED) is 0.877. The summed E-state index contributed by atoms with van der Waals surface area (Å²) in [5.74, 6) is 0.986. The second kappa shape index (κ2) is 6.07. The third-order valence-corrected chi connectivity index (χ3v) is 3.53. The molecule has 0 aliphatic rings. The summed E-state index contributed by atoms with van der Waals surface area (Å²) in [5, 5.41) is 4.30. The van der Waals surface area contributed by atoms with Gasteiger partial charge in [-0.15, -0.1) is 0 Å². The second-order valence-electron chi connectivity index (χ2n) is 4.35. The van der Waals surface area contributed by atoms with Crippen molar-refractivity contribution in [3.05, 3.63) is 58.5 Å². The van der Waals surface area contributed by atoms with E-state index >= 15 is 0 Å². The Labute approximate surface area is 113 Å². The van der Waals surface area contributed by atoms with Crippen molar-refractivity contribution < 1.29 is 4.42 Å². The summed E-state index contributed by atoms with van der Waals surface area (Å²) in [6.45, 7) is 5.08. The molecular formula is C15H18ClNO. The van der Waals surface area contributed by atoms with Crippen molar-refractivity contribution in [3.8, 4) is 0 Å². The highest BCUT2D eigenvalue weighted by Crippen LogP contribution is 2.26. The zero-order valence-corrected chi connectivity index (χ0v) is 11.5. The zero-order chi connectivity index (χ0) is 13.0. The highest BCUT2D eigenvalue weighted by Gasteiger charge is 2.15. The molecule has 2 rings (SSSR count). The standard InChI is InChI=1S/C15H18ClNO/c1-3-17-15(10-12-6-5-9-18-12)13-7-4-8-14(16)11(13)2/h4-9,15,17H,3,10H2,1-2H3. The van der Waals surface area contributed by atoms with E-state index in [4.69, 9.17) is 16.0 Å². The van der Waals surface area contributed by atoms with Gasteiger partial charge in [0.05, 0.1) is 6.26 Å². The number of benzene rings is 1. The molecule has 0 saturated carbocycles. The van der Waals surface area contributed by atoms with Crippen molar-refractivity contribution in [1.29, 1.82) is 0 Å². The smallest absolute Gasteiger partial charge is 0.105 e. The van der Waals surface area contributed by atoms with Gasteiger partial charge in [-0.25, -0.2) is 0 Å². The predicted octanol–water partition coefficient (Wildman–Crippen LogP) is 4.13. The van der Waals surface area contributed by atoms with E-state index in [1.165, 1.54) is 5.56 Å². The third kappa shape index (κ3) is 2.95. The Morgan fingerprint density at radius 3 is 2.78 bits per heavy atom. The van der Waals surface area contributed by atoms with E-state index in [9.17, 15) is 0 Å². The number of furan rings is 1. The van der Waals surface area contributed by atoms with Gasteiger partial charge in [-0.05, 0) is 42.8 Å². The van der Waals surface area contributed by atoms with Crippen molar-refractivity contribution in [2.24, 2.45) is 0 Å². The minimum atomic E-state index is 0.236. The van der Waals surface area contributed by atoms with Crippen LogP contribution in [0.15, 0.2) is 41.0 Å². The molecule has 0 amide bonds. The van der Waals surface area contributed by atoms with E-state index in [0.717, 1.165) is 29.3 Å². The van der Waals surface area contributed by atoms with Crippen molar-refractivity contribution in [2.45, 2.75) is 26.3 Å². The summed E-state index contributed by atoms with van der Waals surface area (Å²) in [6.07, 6.45) is 2.55. The summed E-state index contributed by atoms with van der Waals surface area (Å²) >= 11 is 6.19. The van der Waals surface area contributed by atoms with Crippen LogP contribution in [-0.2, 0) is 6.42 Å². The van der Waals surface area contributed by atoms with Gasteiger partial charge in [-0.2, -0.15) is 0 Å². The van der Waals surface area contributed by atoms with E-state index in [1.807, 2.05) is 24.3 Å². The maximum absolute atomic E-state index is 6.19. The largest absolute Gasteiger partial charge is 0.469 e. The van der Waals surface area contributed by atoms with Crippen LogP contribution in [0.4, 0.5) is 0 Å². The molecule has 2 aromatic rings. The first-order valence-corrected chi connectivity index (χ1v) is 6.61. The maximum atomic E-state index is 6.19. The molecule has 1 aromatic carbocycles. The molecule has 0 spiro atoms. The molecule has 0 radical (unpaired) electrons. The van der Waals surface area contributed by atoms with Crippen LogP contribution >= 0.6 is 11.6 Å². The minimum Gasteiger partial charge on any atom is -0.469 e. The van der Waals surface area contributed by atoms with Crippen LogP contribution in [0, 0.1) is 6.92 Å². The van der Waals surface area contributed by atoms with Crippen LogP contribution in [-0.4, -0.2) is 6.54 Å². The number of nitrogens with one attached hydrogen (secondary N) is 1. The van der Waals surface area contributed by atoms with Gasteiger partial charge in [-0.1, -0.05) is 30.7 Å². The normalized spacial score (nSPS) is 12.6. The molecule has 1 aromatic heterocycles. The number of halogens is 1. The van der Waals surface area contributed by atoms with Crippen molar-refractivity contribution in [3.63, 3.8) is 0 Å². The summed E-state index contributed by atoms with van der Waals surface area (Å²) in [7, 11) is 0. The molecule has 3 heteroatoms. The third-order valence-electron chi connectivity index (χ3n) is 3.12. The van der Waals surface area contributed by atoms with Crippen molar-refractivity contribution in [1.82, 2.24) is 5.32 Å². The van der Waals surface area contributed by atoms with E-state index in [1.54, 1.807) is 6.26 Å². The Morgan fingerprint density at radius 1 is 1.28 bits per heavy atom. The van der Waals surface area contributed by atoms with Crippen molar-refractivity contribution >= 4 is 11.6 Å². The van der Waals surface area contributed by atoms with Gasteiger partial charge in [0.15, 0.2) is 0 Å². The molecule has 96 valence electrons. The fraction of sp³-hybridized carbons (Fsp3) is 0.333. The summed E-state index contributed by atoms with van der Waals surface area (Å²) in [6, 6.07) is 10.2. The maximum Gasteiger partial charge on any atom is 0.105 e. The van der Waals surface area contributed by atoms with E-state index in [0.29, 0.717) is 0 Å². The summed E-state index contributed by atoms with van der Waals surface area (Å²) < 4.78 is 5.43. The van der Waals surface area contributed by atoms with E-state index in [2.05, 4.69) is 25.2 Å². The van der Waals surface area contributed by atoms with E-state index in [-0.39, 0.29) is 6.04 Å². The molecule has 0 aliphatic heterocycles. The van der Waals surface area contributed by atoms with Crippen LogP contribution < -0.4 is 5.32 Å². The Morgan fingerprint density at radius 2 is 2.11 bits per heavy atom. The number of rotatable bonds is 5. The van der Waals surface area contributed by atoms with Crippen LogP contribution in [0.25, 0.3) is 0 Å². The van der Waals surface area contributed by atoms with Gasteiger partial charge >= 0.3 is 0 Å². The van der Waals surface area contributed by atoms with Gasteiger partial charge in [0.1, 0.15) is 5.76 Å². The molecule has 0 fully saturated rings. The van der Waals surface area contributed by atoms with Gasteiger partial charge in [0.2, 0.25) is 0 Å². The lowest BCUT2D eigenvalue weighted by Gasteiger charge is -2.20. The molecule has 0 aliphatic carbocycles. The Kier molecular flexibility index (Phi) is 4.45. The fourth-order valence-corrected chi connectivity index (χ4v) is 2.35. The van der Waals surface area contributed by atoms with Crippen molar-refractivity contribution in [2.75, 3.05) is 6.54 Å². The van der Waals surface area contributed by atoms with Crippen LogP contribution in [0.2, 0.25) is 5.02 Å². The average molecular weight is 264 g/mol. The molecule has 1 heterocycles. The van der Waals surface area contributed by atoms with Crippen LogP contribution in [0.3, 0.4) is 0 Å². The highest BCUT2D eigenvalue weighted by atomic mass is 35.5. The molecule has 2 nitrogen and oxygen atoms in total. The first-order chi connectivity index (χ1) is 8.72. The van der Waals surface area contributed by atoms with Crippen LogP contribution in [0.1, 0.15) is 29.9 Å². The predicted molar refractivity (Wildman–Crippen MR) is 75.0 cm³/mol. The Balaban J connectivity index is 2.26. The van der Waals surface area contributed by atoms with Gasteiger partial charge in [0, 0.05) is 17.5 Å². The number of hydrogen-bond acceptors (Lipinski definition) is 2. The fourth-order valence-electron chi connectivity index (χ4n) is 2.17. The minimum absolute atomic E-state index is 0.236. The first kappa shape index (κ1) is 13.2. The van der Waals surface area contributed by atoms with Gasteiger partial charge in [0.25, 0.3) is 0 Å². The lowest BCUT2D eigenvalue weighted by Crippen LogP contribution is -2.23. The Hall–Kier alpha value is -1.25. The zero-order valence-electron chi connectivity index (χ0n) is 10.7. The summed E-state index contributed by atoms with van der Waals surface area (Å²) in [5.41, 5.74) is 2.37. The SMILES string of the molecule is CCNC(Cc1ccco1)c1cccc(Cl)c1C. The highest BCUT2D eigenvalue weighted by molar-refractivity contribution is 6.31. The second-order valence-corrected chi connectivity index (χ2v) is 4.76. The lowest BCUT2D eigenvalue weighted by molar-refractivity contribution is 0.454. The topological polar surface area (TPSA) is 25.2 Å². The molecule has 0 bridgehead atoms. The van der Waals surface area contributed by atoms with E-state index < -0.39 is 0 Å². The Bertz CT molecular complexity index is 493. The monoisotopic (exact) mass is 263 g/mol. The molecule has 0 saturated heterocycles. The molecule has 1 unspecified atom stereocenters. The molecule has 18 heavy (non-hydrogen) atoms. The molecule has 1 atom stereocenters. The average Bonchev–Trinajstić information content (AvgIpc) is 2.85. The van der Waals surface area contributed by atoms with Gasteiger partial charge < -0.3 is 9.73 Å².